The van der Waals surface area contributed by atoms with Crippen molar-refractivity contribution in [2.24, 2.45) is 5.92 Å². The molecular weight excluding hydrogens is 250 g/mol. The van der Waals surface area contributed by atoms with E-state index in [0.717, 1.165) is 5.56 Å². The van der Waals surface area contributed by atoms with Crippen LogP contribution in [0.4, 0.5) is 0 Å². The second-order valence-corrected chi connectivity index (χ2v) is 5.10. The maximum Gasteiger partial charge on any atom is 0.249 e. The summed E-state index contributed by atoms with van der Waals surface area (Å²) in [7, 11) is 1.52. The molecule has 0 aliphatic carbocycles. The van der Waals surface area contributed by atoms with Crippen LogP contribution in [0.2, 0.25) is 5.02 Å². The highest BCUT2D eigenvalue weighted by atomic mass is 35.5. The first-order chi connectivity index (χ1) is 8.45. The molecule has 1 aromatic rings. The Bertz CT molecular complexity index is 389. The molecule has 0 spiro atoms. The number of carbonyl (C=O) groups is 1. The Morgan fingerprint density at radius 1 is 1.22 bits per heavy atom. The highest BCUT2D eigenvalue weighted by molar-refractivity contribution is 6.30. The molecule has 0 saturated carbocycles. The van der Waals surface area contributed by atoms with E-state index < -0.39 is 6.10 Å². The lowest BCUT2D eigenvalue weighted by atomic mass is 9.96. The smallest absolute Gasteiger partial charge is 0.249 e. The molecule has 4 heteroatoms. The molecule has 18 heavy (non-hydrogen) atoms. The molecule has 1 aromatic carbocycles. The standard InChI is InChI=1S/C14H20ClNO2/c1-9(2)13(16-14(17)10(3)18-4)11-5-7-12(15)8-6-11/h5-10,13H,1-4H3,(H,16,17). The molecule has 1 N–H and O–H groups in total. The van der Waals surface area contributed by atoms with Crippen LogP contribution in [0.15, 0.2) is 24.3 Å². The van der Waals surface area contributed by atoms with E-state index >= 15 is 0 Å². The number of ether oxygens (including phenoxy) is 1. The average Bonchev–Trinajstić information content (AvgIpc) is 2.35. The van der Waals surface area contributed by atoms with Gasteiger partial charge in [-0.25, -0.2) is 0 Å². The van der Waals surface area contributed by atoms with Gasteiger partial charge < -0.3 is 10.1 Å². The first-order valence-corrected chi connectivity index (χ1v) is 6.42. The third-order valence-corrected chi connectivity index (χ3v) is 3.17. The van der Waals surface area contributed by atoms with Gasteiger partial charge in [0.1, 0.15) is 6.10 Å². The summed E-state index contributed by atoms with van der Waals surface area (Å²) in [6.45, 7) is 5.86. The molecular formula is C14H20ClNO2. The van der Waals surface area contributed by atoms with E-state index in [0.29, 0.717) is 10.9 Å². The van der Waals surface area contributed by atoms with Gasteiger partial charge in [-0.2, -0.15) is 0 Å². The molecule has 0 aliphatic heterocycles. The Labute approximate surface area is 113 Å². The van der Waals surface area contributed by atoms with Crippen LogP contribution in [0, 0.1) is 5.92 Å². The van der Waals surface area contributed by atoms with Crippen molar-refractivity contribution >= 4 is 17.5 Å². The van der Waals surface area contributed by atoms with Gasteiger partial charge in [-0.15, -0.1) is 0 Å². The van der Waals surface area contributed by atoms with Gasteiger partial charge in [-0.05, 0) is 30.5 Å². The summed E-state index contributed by atoms with van der Waals surface area (Å²) in [6.07, 6.45) is -0.446. The van der Waals surface area contributed by atoms with Gasteiger partial charge in [-0.1, -0.05) is 37.6 Å². The number of hydrogen-bond acceptors (Lipinski definition) is 2. The van der Waals surface area contributed by atoms with Crippen LogP contribution >= 0.6 is 11.6 Å². The number of methoxy groups -OCH3 is 1. The van der Waals surface area contributed by atoms with Crippen molar-refractivity contribution in [1.82, 2.24) is 5.32 Å². The van der Waals surface area contributed by atoms with E-state index in [2.05, 4.69) is 19.2 Å². The maximum atomic E-state index is 11.9. The van der Waals surface area contributed by atoms with Crippen molar-refractivity contribution < 1.29 is 9.53 Å². The normalized spacial score (nSPS) is 14.3. The lowest BCUT2D eigenvalue weighted by Gasteiger charge is -2.24. The van der Waals surface area contributed by atoms with E-state index in [9.17, 15) is 4.79 Å². The van der Waals surface area contributed by atoms with Crippen LogP contribution in [-0.4, -0.2) is 19.1 Å². The van der Waals surface area contributed by atoms with Crippen LogP contribution in [0.5, 0.6) is 0 Å². The monoisotopic (exact) mass is 269 g/mol. The van der Waals surface area contributed by atoms with Gasteiger partial charge in [0.2, 0.25) is 5.91 Å². The molecule has 2 atom stereocenters. The largest absolute Gasteiger partial charge is 0.372 e. The molecule has 0 saturated heterocycles. The maximum absolute atomic E-state index is 11.9. The third kappa shape index (κ3) is 4.00. The van der Waals surface area contributed by atoms with Gasteiger partial charge in [0, 0.05) is 12.1 Å². The van der Waals surface area contributed by atoms with Gasteiger partial charge in [0.25, 0.3) is 0 Å². The van der Waals surface area contributed by atoms with Crippen LogP contribution in [0.3, 0.4) is 0 Å². The lowest BCUT2D eigenvalue weighted by Crippen LogP contribution is -2.38. The van der Waals surface area contributed by atoms with Crippen molar-refractivity contribution in [1.29, 1.82) is 0 Å². The van der Waals surface area contributed by atoms with Gasteiger partial charge in [0.05, 0.1) is 6.04 Å². The molecule has 3 nitrogen and oxygen atoms in total. The Morgan fingerprint density at radius 3 is 2.22 bits per heavy atom. The number of halogens is 1. The number of carbonyl (C=O) groups excluding carboxylic acids is 1. The quantitative estimate of drug-likeness (QED) is 0.892. The van der Waals surface area contributed by atoms with E-state index in [-0.39, 0.29) is 11.9 Å². The third-order valence-electron chi connectivity index (χ3n) is 2.92. The number of benzene rings is 1. The summed E-state index contributed by atoms with van der Waals surface area (Å²) in [4.78, 5) is 11.9. The zero-order valence-corrected chi connectivity index (χ0v) is 12.0. The summed E-state index contributed by atoms with van der Waals surface area (Å²) < 4.78 is 5.01. The summed E-state index contributed by atoms with van der Waals surface area (Å²) in [5, 5.41) is 3.69. The fourth-order valence-electron chi connectivity index (χ4n) is 1.68. The van der Waals surface area contributed by atoms with Crippen molar-refractivity contribution in [3.8, 4) is 0 Å². The van der Waals surface area contributed by atoms with Crippen molar-refractivity contribution in [3.63, 3.8) is 0 Å². The highest BCUT2D eigenvalue weighted by Crippen LogP contribution is 2.23. The summed E-state index contributed by atoms with van der Waals surface area (Å²) in [5.74, 6) is 0.185. The molecule has 1 amide bonds. The predicted molar refractivity (Wildman–Crippen MR) is 73.6 cm³/mol. The van der Waals surface area contributed by atoms with Crippen LogP contribution in [0.1, 0.15) is 32.4 Å². The Balaban J connectivity index is 2.83. The topological polar surface area (TPSA) is 38.3 Å². The predicted octanol–water partition coefficient (Wildman–Crippen LogP) is 3.19. The molecule has 1 rings (SSSR count). The van der Waals surface area contributed by atoms with E-state index in [1.54, 1.807) is 6.92 Å². The van der Waals surface area contributed by atoms with E-state index in [1.807, 2.05) is 24.3 Å². The second-order valence-electron chi connectivity index (χ2n) is 4.66. The van der Waals surface area contributed by atoms with E-state index in [1.165, 1.54) is 7.11 Å². The number of nitrogens with one attached hydrogen (secondary N) is 1. The lowest BCUT2D eigenvalue weighted by molar-refractivity contribution is -0.131. The number of hydrogen-bond donors (Lipinski definition) is 1. The number of rotatable bonds is 5. The van der Waals surface area contributed by atoms with Crippen molar-refractivity contribution in [3.05, 3.63) is 34.9 Å². The summed E-state index contributed by atoms with van der Waals surface area (Å²) in [5.41, 5.74) is 1.05. The van der Waals surface area contributed by atoms with Gasteiger partial charge >= 0.3 is 0 Å². The van der Waals surface area contributed by atoms with E-state index in [4.69, 9.17) is 16.3 Å². The van der Waals surface area contributed by atoms with Crippen LogP contribution in [-0.2, 0) is 9.53 Å². The zero-order chi connectivity index (χ0) is 13.7. The summed E-state index contributed by atoms with van der Waals surface area (Å²) >= 11 is 5.87. The molecule has 2 unspecified atom stereocenters. The second kappa shape index (κ2) is 6.76. The fraction of sp³-hybridized carbons (Fsp3) is 0.500. The minimum Gasteiger partial charge on any atom is -0.372 e. The van der Waals surface area contributed by atoms with Crippen molar-refractivity contribution in [2.45, 2.75) is 32.9 Å². The molecule has 0 aromatic heterocycles. The van der Waals surface area contributed by atoms with Crippen molar-refractivity contribution in [2.75, 3.05) is 7.11 Å². The Kier molecular flexibility index (Phi) is 5.63. The van der Waals surface area contributed by atoms with Crippen LogP contribution in [0.25, 0.3) is 0 Å². The molecule has 0 bridgehead atoms. The molecule has 0 radical (unpaired) electrons. The van der Waals surface area contributed by atoms with Gasteiger partial charge in [0.15, 0.2) is 0 Å². The SMILES string of the molecule is COC(C)C(=O)NC(c1ccc(Cl)cc1)C(C)C. The Morgan fingerprint density at radius 2 is 1.78 bits per heavy atom. The first-order valence-electron chi connectivity index (χ1n) is 6.04. The average molecular weight is 270 g/mol. The molecule has 100 valence electrons. The fourth-order valence-corrected chi connectivity index (χ4v) is 1.81. The molecule has 0 heterocycles. The summed E-state index contributed by atoms with van der Waals surface area (Å²) in [6, 6.07) is 7.50. The van der Waals surface area contributed by atoms with Crippen LogP contribution < -0.4 is 5.32 Å². The zero-order valence-electron chi connectivity index (χ0n) is 11.2. The highest BCUT2D eigenvalue weighted by Gasteiger charge is 2.21. The van der Waals surface area contributed by atoms with Gasteiger partial charge in [-0.3, -0.25) is 4.79 Å². The number of amides is 1. The first kappa shape index (κ1) is 15.0. The minimum atomic E-state index is -0.446. The molecule has 0 fully saturated rings. The molecule has 0 aliphatic rings. The minimum absolute atomic E-state index is 0.0348. The Hall–Kier alpha value is -1.06.